The summed E-state index contributed by atoms with van der Waals surface area (Å²) in [7, 11) is 0. The molecule has 2 aliphatic heterocycles. The van der Waals surface area contributed by atoms with Crippen LogP contribution in [-0.4, -0.2) is 4.57 Å². The van der Waals surface area contributed by atoms with Crippen molar-refractivity contribution in [3.05, 3.63) is 158 Å². The number of fused-ring (bicyclic) bond motifs is 8. The predicted molar refractivity (Wildman–Crippen MR) is 194 cm³/mol. The molecule has 2 aliphatic rings. The van der Waals surface area contributed by atoms with Crippen LogP contribution in [0.2, 0.25) is 0 Å². The first-order valence-corrected chi connectivity index (χ1v) is 16.0. The number of hydrogen-bond donors (Lipinski definition) is 0. The van der Waals surface area contributed by atoms with Gasteiger partial charge < -0.3 is 9.47 Å². The van der Waals surface area contributed by atoms with Gasteiger partial charge in [0, 0.05) is 38.4 Å². The number of nitrogens with zero attached hydrogens (tertiary/aromatic N) is 2. The first kappa shape index (κ1) is 24.2. The van der Waals surface area contributed by atoms with E-state index in [1.54, 1.807) is 0 Å². The lowest BCUT2D eigenvalue weighted by Gasteiger charge is -2.39. The van der Waals surface area contributed by atoms with Gasteiger partial charge in [0.2, 0.25) is 0 Å². The molecule has 0 spiro atoms. The van der Waals surface area contributed by atoms with E-state index in [0.717, 1.165) is 0 Å². The molecule has 0 bridgehead atoms. The van der Waals surface area contributed by atoms with Crippen LogP contribution in [0.15, 0.2) is 158 Å². The van der Waals surface area contributed by atoms with Crippen molar-refractivity contribution >= 4 is 60.4 Å². The normalized spacial score (nSPS) is 12.7. The topological polar surface area (TPSA) is 8.17 Å². The standard InChI is InChI=1S/C44H26N2/c1-2-13-29(14-3-1)45-38-20-6-5-16-31(38)36-25-28(23-24-40(36)45)35-26-37-34-17-8-11-27-12-9-22-41(42(27)34)46-39-21-7-4-15-30(39)32-18-10-19-33(35)43(32)44(37)46/h1-26H. The first-order chi connectivity index (χ1) is 22.8. The highest BCUT2D eigenvalue weighted by atomic mass is 15.2. The molecule has 0 unspecified atom stereocenters. The lowest BCUT2D eigenvalue weighted by Crippen LogP contribution is -2.19. The second-order valence-electron chi connectivity index (χ2n) is 12.5. The minimum atomic E-state index is 1.18. The van der Waals surface area contributed by atoms with E-state index >= 15 is 0 Å². The van der Waals surface area contributed by atoms with Gasteiger partial charge in [-0.1, -0.05) is 109 Å². The molecule has 0 saturated heterocycles. The second kappa shape index (κ2) is 8.74. The molecule has 2 nitrogen and oxygen atoms in total. The molecule has 1 aromatic heterocycles. The molecule has 0 fully saturated rings. The van der Waals surface area contributed by atoms with Crippen LogP contribution in [0.1, 0.15) is 0 Å². The Labute approximate surface area is 266 Å². The Morgan fingerprint density at radius 1 is 0.370 bits per heavy atom. The van der Waals surface area contributed by atoms with Gasteiger partial charge in [0.15, 0.2) is 0 Å². The van der Waals surface area contributed by atoms with E-state index in [4.69, 9.17) is 0 Å². The van der Waals surface area contributed by atoms with Gasteiger partial charge in [-0.3, -0.25) is 0 Å². The van der Waals surface area contributed by atoms with Gasteiger partial charge in [-0.05, 0) is 81.6 Å². The number of rotatable bonds is 2. The average molecular weight is 583 g/mol. The maximum atomic E-state index is 2.52. The maximum Gasteiger partial charge on any atom is 0.0625 e. The van der Waals surface area contributed by atoms with Crippen molar-refractivity contribution in [2.45, 2.75) is 0 Å². The second-order valence-corrected chi connectivity index (χ2v) is 12.5. The predicted octanol–water partition coefficient (Wildman–Crippen LogP) is 12.2. The summed E-state index contributed by atoms with van der Waals surface area (Å²) in [5.41, 5.74) is 15.1. The molecule has 0 atom stereocenters. The Morgan fingerprint density at radius 2 is 1.04 bits per heavy atom. The molecule has 8 aromatic carbocycles. The van der Waals surface area contributed by atoms with Crippen LogP contribution in [0.25, 0.3) is 82.4 Å². The van der Waals surface area contributed by atoms with Crippen molar-refractivity contribution in [1.29, 1.82) is 0 Å². The number of hydrogen-bond acceptors (Lipinski definition) is 1. The molecule has 9 aromatic rings. The molecule has 212 valence electrons. The molecular formula is C44H26N2. The third kappa shape index (κ3) is 3.01. The van der Waals surface area contributed by atoms with E-state index in [-0.39, 0.29) is 0 Å². The zero-order valence-corrected chi connectivity index (χ0v) is 24.9. The molecule has 0 amide bonds. The fraction of sp³-hybridized carbons (Fsp3) is 0. The van der Waals surface area contributed by atoms with E-state index < -0.39 is 0 Å². The van der Waals surface area contributed by atoms with E-state index in [2.05, 4.69) is 167 Å². The summed E-state index contributed by atoms with van der Waals surface area (Å²) in [5.74, 6) is 0. The van der Waals surface area contributed by atoms with Gasteiger partial charge in [-0.15, -0.1) is 0 Å². The van der Waals surface area contributed by atoms with Crippen molar-refractivity contribution in [3.63, 3.8) is 0 Å². The van der Waals surface area contributed by atoms with Gasteiger partial charge in [0.05, 0.1) is 28.1 Å². The summed E-state index contributed by atoms with van der Waals surface area (Å²) in [4.78, 5) is 2.52. The monoisotopic (exact) mass is 582 g/mol. The Balaban J connectivity index is 1.27. The van der Waals surface area contributed by atoms with Crippen LogP contribution >= 0.6 is 0 Å². The third-order valence-electron chi connectivity index (χ3n) is 10.2. The smallest absolute Gasteiger partial charge is 0.0625 e. The highest BCUT2D eigenvalue weighted by Gasteiger charge is 2.34. The molecule has 0 radical (unpaired) electrons. The Bertz CT molecular complexity index is 2740. The maximum absolute atomic E-state index is 2.52. The molecule has 11 rings (SSSR count). The summed E-state index contributed by atoms with van der Waals surface area (Å²) >= 11 is 0. The summed E-state index contributed by atoms with van der Waals surface area (Å²) < 4.78 is 2.39. The van der Waals surface area contributed by atoms with Crippen molar-refractivity contribution in [2.75, 3.05) is 4.90 Å². The highest BCUT2D eigenvalue weighted by Crippen LogP contribution is 2.60. The van der Waals surface area contributed by atoms with Gasteiger partial charge in [0.1, 0.15) is 0 Å². The largest absolute Gasteiger partial charge is 0.309 e. The van der Waals surface area contributed by atoms with Crippen LogP contribution in [0, 0.1) is 0 Å². The summed E-state index contributed by atoms with van der Waals surface area (Å²) in [5, 5.41) is 7.74. The zero-order chi connectivity index (χ0) is 29.9. The summed E-state index contributed by atoms with van der Waals surface area (Å²) in [6.45, 7) is 0. The van der Waals surface area contributed by atoms with Crippen LogP contribution < -0.4 is 4.90 Å². The molecule has 0 saturated carbocycles. The molecule has 46 heavy (non-hydrogen) atoms. The van der Waals surface area contributed by atoms with Crippen LogP contribution in [0.4, 0.5) is 17.1 Å². The van der Waals surface area contributed by atoms with Crippen molar-refractivity contribution in [3.8, 4) is 39.1 Å². The number of aromatic nitrogens is 1. The Morgan fingerprint density at radius 3 is 1.96 bits per heavy atom. The Kier molecular flexibility index (Phi) is 4.61. The lowest BCUT2D eigenvalue weighted by molar-refractivity contribution is 1.18. The van der Waals surface area contributed by atoms with E-state index in [9.17, 15) is 0 Å². The minimum absolute atomic E-state index is 1.18. The van der Waals surface area contributed by atoms with Crippen LogP contribution in [-0.2, 0) is 0 Å². The average Bonchev–Trinajstić information content (AvgIpc) is 3.45. The Hall–Kier alpha value is -6.12. The molecule has 3 heterocycles. The van der Waals surface area contributed by atoms with Crippen molar-refractivity contribution < 1.29 is 0 Å². The van der Waals surface area contributed by atoms with Crippen molar-refractivity contribution in [1.82, 2.24) is 4.57 Å². The quantitative estimate of drug-likeness (QED) is 0.197. The third-order valence-corrected chi connectivity index (χ3v) is 10.2. The van der Waals surface area contributed by atoms with Gasteiger partial charge in [-0.2, -0.15) is 0 Å². The van der Waals surface area contributed by atoms with Gasteiger partial charge in [0.25, 0.3) is 0 Å². The number of para-hydroxylation sites is 3. The highest BCUT2D eigenvalue weighted by molar-refractivity contribution is 6.27. The van der Waals surface area contributed by atoms with Crippen LogP contribution in [0.3, 0.4) is 0 Å². The zero-order valence-electron chi connectivity index (χ0n) is 24.9. The SMILES string of the molecule is c1ccc(-n2c3ccccc3c3cc(-c4cc5c6c7c(cccc47)-c4ccccc4N6c4cccc6cccc-5c46)ccc32)cc1. The van der Waals surface area contributed by atoms with Gasteiger partial charge in [-0.25, -0.2) is 0 Å². The number of benzene rings is 8. The molecular weight excluding hydrogens is 556 g/mol. The summed E-state index contributed by atoms with van der Waals surface area (Å²) in [6.07, 6.45) is 0. The first-order valence-electron chi connectivity index (χ1n) is 16.0. The fourth-order valence-electron chi connectivity index (χ4n) is 8.35. The van der Waals surface area contributed by atoms with Gasteiger partial charge >= 0.3 is 0 Å². The van der Waals surface area contributed by atoms with E-state index in [1.807, 2.05) is 0 Å². The lowest BCUT2D eigenvalue weighted by atomic mass is 9.80. The summed E-state index contributed by atoms with van der Waals surface area (Å²) in [6, 6.07) is 58.2. The van der Waals surface area contributed by atoms with Crippen LogP contribution in [0.5, 0.6) is 0 Å². The molecule has 0 aliphatic carbocycles. The number of anilines is 3. The van der Waals surface area contributed by atoms with E-state index in [1.165, 1.54) is 99.5 Å². The van der Waals surface area contributed by atoms with E-state index in [0.29, 0.717) is 0 Å². The fourth-order valence-corrected chi connectivity index (χ4v) is 8.35. The minimum Gasteiger partial charge on any atom is -0.309 e. The molecule has 2 heteroatoms. The molecule has 0 N–H and O–H groups in total. The van der Waals surface area contributed by atoms with Crippen molar-refractivity contribution in [2.24, 2.45) is 0 Å².